The third-order valence-electron chi connectivity index (χ3n) is 5.98. The van der Waals surface area contributed by atoms with Gasteiger partial charge in [0.05, 0.1) is 0 Å². The molecule has 1 fully saturated rings. The number of benzene rings is 3. The summed E-state index contributed by atoms with van der Waals surface area (Å²) in [7, 11) is 0. The van der Waals surface area contributed by atoms with Gasteiger partial charge in [0, 0.05) is 47.5 Å². The molecule has 0 aromatic heterocycles. The number of ether oxygens (including phenoxy) is 2. The van der Waals surface area contributed by atoms with Crippen LogP contribution in [0.5, 0.6) is 23.0 Å². The molecule has 166 valence electrons. The minimum Gasteiger partial charge on any atom is -0.499 e. The first-order valence-electron chi connectivity index (χ1n) is 11.3. The number of carbonyl (C=O) groups is 1. The number of aryl methyl sites for hydroxylation is 2. The second-order valence-corrected chi connectivity index (χ2v) is 8.74. The smallest absolute Gasteiger partial charge is 0.344 e. The number of hydrogen-bond donors (Lipinski definition) is 0. The van der Waals surface area contributed by atoms with E-state index in [1.165, 1.54) is 0 Å². The molecule has 0 saturated heterocycles. The lowest BCUT2D eigenvalue weighted by atomic mass is 10.1. The van der Waals surface area contributed by atoms with E-state index in [0.717, 1.165) is 59.8 Å². The van der Waals surface area contributed by atoms with Crippen LogP contribution in [0.1, 0.15) is 43.7 Å². The molecule has 0 unspecified atom stereocenters. The van der Waals surface area contributed by atoms with Crippen molar-refractivity contribution in [1.82, 2.24) is 0 Å². The first-order chi connectivity index (χ1) is 15.5. The molecule has 0 atom stereocenters. The molecule has 3 aromatic rings. The second kappa shape index (κ2) is 9.47. The Morgan fingerprint density at radius 1 is 0.844 bits per heavy atom. The van der Waals surface area contributed by atoms with Crippen LogP contribution in [0.3, 0.4) is 0 Å². The molecule has 32 heavy (non-hydrogen) atoms. The van der Waals surface area contributed by atoms with Gasteiger partial charge < -0.3 is 13.8 Å². The van der Waals surface area contributed by atoms with Gasteiger partial charge in [0.1, 0.15) is 11.4 Å². The molecule has 1 aliphatic rings. The lowest BCUT2D eigenvalue weighted by Gasteiger charge is -2.25. The predicted molar refractivity (Wildman–Crippen MR) is 127 cm³/mol. The highest BCUT2D eigenvalue weighted by Crippen LogP contribution is 2.41. The minimum atomic E-state index is -0.336. The molecule has 1 aliphatic carbocycles. The molecular formula is C28H31O4+. The highest BCUT2D eigenvalue weighted by atomic mass is 16.7. The molecule has 0 aliphatic heterocycles. The predicted octanol–water partition coefficient (Wildman–Crippen LogP) is 7.30. The van der Waals surface area contributed by atoms with Crippen LogP contribution >= 0.6 is 0 Å². The van der Waals surface area contributed by atoms with Crippen molar-refractivity contribution in [2.45, 2.75) is 52.1 Å². The summed E-state index contributed by atoms with van der Waals surface area (Å²) in [4.78, 5) is 12.4. The largest absolute Gasteiger partial charge is 0.499 e. The monoisotopic (exact) mass is 431 g/mol. The lowest BCUT2D eigenvalue weighted by Crippen LogP contribution is -2.30. The lowest BCUT2D eigenvalue weighted by molar-refractivity contribution is -0.159. The molecule has 1 saturated carbocycles. The minimum absolute atomic E-state index is 0.0785. The second-order valence-electron chi connectivity index (χ2n) is 8.74. The third-order valence-corrected chi connectivity index (χ3v) is 5.98. The number of hydrogen-bond acceptors (Lipinski definition) is 3. The van der Waals surface area contributed by atoms with Gasteiger partial charge in [0.25, 0.3) is 17.2 Å². The van der Waals surface area contributed by atoms with E-state index >= 15 is 0 Å². The Balaban J connectivity index is 1.56. The van der Waals surface area contributed by atoms with Crippen LogP contribution in [0.15, 0.2) is 72.8 Å². The summed E-state index contributed by atoms with van der Waals surface area (Å²) < 4.78 is 14.9. The maximum absolute atomic E-state index is 12.4. The maximum Gasteiger partial charge on any atom is 0.344 e. The topological polar surface area (TPSA) is 38.2 Å². The first kappa shape index (κ1) is 21.9. The summed E-state index contributed by atoms with van der Waals surface area (Å²) in [5.74, 6) is 3.38. The number of rotatable bonds is 7. The quantitative estimate of drug-likeness (QED) is 0.291. The van der Waals surface area contributed by atoms with Gasteiger partial charge in [-0.15, -0.1) is 0 Å². The van der Waals surface area contributed by atoms with Crippen LogP contribution in [0.2, 0.25) is 0 Å². The van der Waals surface area contributed by atoms with Gasteiger partial charge in [-0.2, -0.15) is 0 Å². The Morgan fingerprint density at radius 3 is 1.84 bits per heavy atom. The average Bonchev–Trinajstić information content (AvgIpc) is 3.20. The summed E-state index contributed by atoms with van der Waals surface area (Å²) in [6, 6.07) is 24.5. The van der Waals surface area contributed by atoms with E-state index in [1.807, 2.05) is 57.2 Å². The molecule has 4 heteroatoms. The normalized spacial score (nSPS) is 14.7. The van der Waals surface area contributed by atoms with Crippen molar-refractivity contribution in [3.8, 4) is 23.0 Å². The fraction of sp³-hybridized carbons (Fsp3) is 0.321. The molecule has 4 nitrogen and oxygen atoms in total. The summed E-state index contributed by atoms with van der Waals surface area (Å²) in [6.45, 7) is 5.95. The van der Waals surface area contributed by atoms with Crippen LogP contribution in [0, 0.1) is 13.8 Å². The van der Waals surface area contributed by atoms with Crippen LogP contribution in [-0.2, 0) is 9.53 Å². The van der Waals surface area contributed by atoms with Gasteiger partial charge >= 0.3 is 5.97 Å². The molecule has 4 rings (SSSR count). The Labute approximate surface area is 190 Å². The van der Waals surface area contributed by atoms with E-state index in [0.29, 0.717) is 0 Å². The maximum atomic E-state index is 12.4. The number of esters is 1. The van der Waals surface area contributed by atoms with E-state index in [4.69, 9.17) is 9.47 Å². The SMILES string of the molecule is Cc1cc([O+](c2ccccc2)c2ccccc2)cc(C)c1OCC(=O)OC1(C)CCCC1. The molecule has 3 aromatic carbocycles. The van der Waals surface area contributed by atoms with E-state index < -0.39 is 0 Å². The van der Waals surface area contributed by atoms with Gasteiger partial charge in [0.2, 0.25) is 0 Å². The number of para-hydroxylation sites is 2. The Kier molecular flexibility index (Phi) is 6.50. The van der Waals surface area contributed by atoms with Crippen molar-refractivity contribution in [2.75, 3.05) is 6.61 Å². The van der Waals surface area contributed by atoms with Crippen LogP contribution in [0.25, 0.3) is 0 Å². The zero-order valence-corrected chi connectivity index (χ0v) is 19.1. The molecular weight excluding hydrogens is 400 g/mol. The van der Waals surface area contributed by atoms with Gasteiger partial charge in [-0.1, -0.05) is 36.4 Å². The average molecular weight is 432 g/mol. The van der Waals surface area contributed by atoms with Gasteiger partial charge in [0.15, 0.2) is 6.61 Å². The summed E-state index contributed by atoms with van der Waals surface area (Å²) >= 11 is 0. The summed E-state index contributed by atoms with van der Waals surface area (Å²) in [5, 5.41) is 0. The van der Waals surface area contributed by atoms with Gasteiger partial charge in [-0.05, 0) is 46.5 Å². The van der Waals surface area contributed by atoms with E-state index in [2.05, 4.69) is 40.8 Å². The van der Waals surface area contributed by atoms with Crippen molar-refractivity contribution < 1.29 is 18.6 Å². The van der Waals surface area contributed by atoms with Crippen molar-refractivity contribution >= 4 is 5.97 Å². The first-order valence-corrected chi connectivity index (χ1v) is 11.3. The van der Waals surface area contributed by atoms with Gasteiger partial charge in [-0.25, -0.2) is 4.79 Å². The molecule has 0 heterocycles. The Hall–Kier alpha value is -3.27. The molecule has 0 amide bonds. The van der Waals surface area contributed by atoms with Crippen LogP contribution < -0.4 is 9.10 Å². The fourth-order valence-corrected chi connectivity index (χ4v) is 4.44. The van der Waals surface area contributed by atoms with E-state index in [9.17, 15) is 4.79 Å². The highest BCUT2D eigenvalue weighted by molar-refractivity contribution is 5.72. The molecule has 0 spiro atoms. The van der Waals surface area contributed by atoms with Crippen molar-refractivity contribution in [1.29, 1.82) is 0 Å². The van der Waals surface area contributed by atoms with Crippen molar-refractivity contribution in [3.63, 3.8) is 0 Å². The third kappa shape index (κ3) is 4.96. The summed E-state index contributed by atoms with van der Waals surface area (Å²) in [6.07, 6.45) is 4.08. The summed E-state index contributed by atoms with van der Waals surface area (Å²) in [5.41, 5.74) is 1.59. The van der Waals surface area contributed by atoms with Crippen LogP contribution in [-0.4, -0.2) is 18.2 Å². The van der Waals surface area contributed by atoms with Gasteiger partial charge in [-0.3, -0.25) is 0 Å². The molecule has 0 radical (unpaired) electrons. The zero-order chi connectivity index (χ0) is 22.6. The zero-order valence-electron chi connectivity index (χ0n) is 19.1. The molecule has 0 bridgehead atoms. The number of carbonyl (C=O) groups excluding carboxylic acids is 1. The molecule has 0 N–H and O–H groups in total. The van der Waals surface area contributed by atoms with E-state index in [1.54, 1.807) is 0 Å². The van der Waals surface area contributed by atoms with E-state index in [-0.39, 0.29) is 18.2 Å². The van der Waals surface area contributed by atoms with Crippen molar-refractivity contribution in [3.05, 3.63) is 83.9 Å². The Morgan fingerprint density at radius 2 is 1.34 bits per heavy atom. The van der Waals surface area contributed by atoms with Crippen molar-refractivity contribution in [2.24, 2.45) is 0 Å². The fourth-order valence-electron chi connectivity index (χ4n) is 4.44. The van der Waals surface area contributed by atoms with Crippen LogP contribution in [0.4, 0.5) is 0 Å². The standard InChI is InChI=1S/C28H31O4/c1-21-18-25(32(23-12-6-4-7-13-23)24-14-8-5-9-15-24)19-22(2)27(21)30-20-26(29)31-28(3)16-10-11-17-28/h4-9,12-15,18-19H,10-11,16-17,20H2,1-3H3/q+1. The Bertz CT molecular complexity index is 991. The highest BCUT2D eigenvalue weighted by Gasteiger charge is 2.32.